The van der Waals surface area contributed by atoms with Crippen molar-refractivity contribution < 1.29 is 4.79 Å². The quantitative estimate of drug-likeness (QED) is 0.558. The molecule has 1 saturated carbocycles. The lowest BCUT2D eigenvalue weighted by molar-refractivity contribution is -0.125. The van der Waals surface area contributed by atoms with Crippen LogP contribution in [0, 0.1) is 10.8 Å². The number of rotatable bonds is 0. The van der Waals surface area contributed by atoms with Gasteiger partial charge >= 0.3 is 0 Å². The van der Waals surface area contributed by atoms with Crippen molar-refractivity contribution in [2.24, 2.45) is 10.8 Å². The number of nitrogens with one attached hydrogen (secondary N) is 1. The lowest BCUT2D eigenvalue weighted by Gasteiger charge is -2.31. The summed E-state index contributed by atoms with van der Waals surface area (Å²) in [7, 11) is 0. The first kappa shape index (κ1) is 7.14. The van der Waals surface area contributed by atoms with E-state index in [2.05, 4.69) is 26.1 Å². The molecule has 0 radical (unpaired) electrons. The van der Waals surface area contributed by atoms with Crippen LogP contribution in [0.25, 0.3) is 0 Å². The molecule has 2 heteroatoms. The standard InChI is InChI=1S/C9H15NO/c1-6-9(3)5-8(9,2)4-7(11)10-6/h6H,4-5H2,1-3H3,(H,10,11). The molecule has 3 unspecified atom stereocenters. The molecule has 2 aliphatic rings. The van der Waals surface area contributed by atoms with Crippen molar-refractivity contribution in [1.29, 1.82) is 0 Å². The van der Waals surface area contributed by atoms with E-state index in [9.17, 15) is 4.79 Å². The highest BCUT2D eigenvalue weighted by atomic mass is 16.1. The van der Waals surface area contributed by atoms with Gasteiger partial charge in [-0.25, -0.2) is 0 Å². The van der Waals surface area contributed by atoms with E-state index >= 15 is 0 Å². The van der Waals surface area contributed by atoms with Gasteiger partial charge in [-0.05, 0) is 24.2 Å². The molecule has 11 heavy (non-hydrogen) atoms. The van der Waals surface area contributed by atoms with Crippen LogP contribution in [0.1, 0.15) is 33.6 Å². The van der Waals surface area contributed by atoms with Gasteiger partial charge < -0.3 is 5.32 Å². The van der Waals surface area contributed by atoms with Gasteiger partial charge in [0.1, 0.15) is 0 Å². The molecule has 1 N–H and O–H groups in total. The Bertz CT molecular complexity index is 226. The number of carbonyl (C=O) groups excluding carboxylic acids is 1. The van der Waals surface area contributed by atoms with Gasteiger partial charge in [0.2, 0.25) is 5.91 Å². The van der Waals surface area contributed by atoms with Crippen molar-refractivity contribution in [3.05, 3.63) is 0 Å². The average molecular weight is 153 g/mol. The average Bonchev–Trinajstić information content (AvgIpc) is 2.34. The molecule has 0 aromatic carbocycles. The normalized spacial score (nSPS) is 54.8. The minimum atomic E-state index is 0.231. The number of fused-ring (bicyclic) bond motifs is 1. The minimum Gasteiger partial charge on any atom is -0.353 e. The Hall–Kier alpha value is -0.530. The number of piperidine rings is 1. The molecule has 2 fully saturated rings. The summed E-state index contributed by atoms with van der Waals surface area (Å²) in [5.74, 6) is 0.231. The van der Waals surface area contributed by atoms with Gasteiger partial charge in [-0.15, -0.1) is 0 Å². The van der Waals surface area contributed by atoms with Gasteiger partial charge in [0.05, 0.1) is 0 Å². The van der Waals surface area contributed by atoms with Crippen molar-refractivity contribution in [1.82, 2.24) is 5.32 Å². The Kier molecular flexibility index (Phi) is 1.05. The highest BCUT2D eigenvalue weighted by Crippen LogP contribution is 2.68. The highest BCUT2D eigenvalue weighted by Gasteiger charge is 2.66. The number of hydrogen-bond donors (Lipinski definition) is 1. The molecule has 1 aliphatic carbocycles. The molecule has 3 atom stereocenters. The van der Waals surface area contributed by atoms with Crippen LogP contribution in [0.2, 0.25) is 0 Å². The molecule has 62 valence electrons. The summed E-state index contributed by atoms with van der Waals surface area (Å²) in [6.45, 7) is 6.61. The molecule has 0 aromatic rings. The smallest absolute Gasteiger partial charge is 0.220 e. The van der Waals surface area contributed by atoms with E-state index in [1.807, 2.05) is 0 Å². The zero-order valence-electron chi connectivity index (χ0n) is 7.40. The largest absolute Gasteiger partial charge is 0.353 e. The second-order valence-corrected chi connectivity index (χ2v) is 4.62. The molecule has 1 aliphatic heterocycles. The first-order valence-electron chi connectivity index (χ1n) is 4.27. The maximum absolute atomic E-state index is 11.1. The predicted molar refractivity (Wildman–Crippen MR) is 43.1 cm³/mol. The first-order valence-corrected chi connectivity index (χ1v) is 4.27. The summed E-state index contributed by atoms with van der Waals surface area (Å²) < 4.78 is 0. The second-order valence-electron chi connectivity index (χ2n) is 4.62. The van der Waals surface area contributed by atoms with Crippen LogP contribution >= 0.6 is 0 Å². The monoisotopic (exact) mass is 153 g/mol. The molecule has 0 bridgehead atoms. The third-order valence-electron chi connectivity index (χ3n) is 3.90. The fourth-order valence-corrected chi connectivity index (χ4v) is 2.51. The highest BCUT2D eigenvalue weighted by molar-refractivity contribution is 5.79. The first-order chi connectivity index (χ1) is 4.98. The van der Waals surface area contributed by atoms with Crippen LogP contribution in [-0.2, 0) is 4.79 Å². The fourth-order valence-electron chi connectivity index (χ4n) is 2.51. The van der Waals surface area contributed by atoms with Gasteiger partial charge in [-0.2, -0.15) is 0 Å². The van der Waals surface area contributed by atoms with Crippen LogP contribution in [-0.4, -0.2) is 11.9 Å². The van der Waals surface area contributed by atoms with Gasteiger partial charge in [-0.1, -0.05) is 13.8 Å². The molecule has 1 saturated heterocycles. The SMILES string of the molecule is CC1NC(=O)CC2(C)CC12C. The molecule has 0 aromatic heterocycles. The van der Waals surface area contributed by atoms with Crippen LogP contribution in [0.3, 0.4) is 0 Å². The Labute approximate surface area is 67.4 Å². The Morgan fingerprint density at radius 2 is 2.18 bits per heavy atom. The van der Waals surface area contributed by atoms with Crippen molar-refractivity contribution in [2.75, 3.05) is 0 Å². The number of amides is 1. The zero-order valence-corrected chi connectivity index (χ0v) is 7.40. The summed E-state index contributed by atoms with van der Waals surface area (Å²) >= 11 is 0. The van der Waals surface area contributed by atoms with Gasteiger partial charge in [0.15, 0.2) is 0 Å². The summed E-state index contributed by atoms with van der Waals surface area (Å²) in [5.41, 5.74) is 0.704. The molecular formula is C9H15NO. The van der Waals surface area contributed by atoms with Crippen molar-refractivity contribution in [3.8, 4) is 0 Å². The van der Waals surface area contributed by atoms with E-state index in [-0.39, 0.29) is 5.91 Å². The Balaban J connectivity index is 2.26. The molecule has 2 nitrogen and oxygen atoms in total. The second kappa shape index (κ2) is 1.62. The van der Waals surface area contributed by atoms with Gasteiger partial charge in [-0.3, -0.25) is 4.79 Å². The molecule has 1 heterocycles. The minimum absolute atomic E-state index is 0.231. The van der Waals surface area contributed by atoms with E-state index < -0.39 is 0 Å². The molecule has 1 amide bonds. The van der Waals surface area contributed by atoms with E-state index in [1.165, 1.54) is 6.42 Å². The lowest BCUT2D eigenvalue weighted by Crippen LogP contribution is -2.45. The van der Waals surface area contributed by atoms with Crippen molar-refractivity contribution in [3.63, 3.8) is 0 Å². The summed E-state index contributed by atoms with van der Waals surface area (Å²) in [4.78, 5) is 11.1. The van der Waals surface area contributed by atoms with Crippen molar-refractivity contribution in [2.45, 2.75) is 39.7 Å². The Morgan fingerprint density at radius 1 is 1.55 bits per heavy atom. The van der Waals surface area contributed by atoms with Crippen LogP contribution in [0.15, 0.2) is 0 Å². The van der Waals surface area contributed by atoms with Crippen LogP contribution < -0.4 is 5.32 Å². The van der Waals surface area contributed by atoms with Gasteiger partial charge in [0, 0.05) is 12.5 Å². The summed E-state index contributed by atoms with van der Waals surface area (Å²) in [5, 5.41) is 3.00. The Morgan fingerprint density at radius 3 is 2.73 bits per heavy atom. The van der Waals surface area contributed by atoms with E-state index in [1.54, 1.807) is 0 Å². The summed E-state index contributed by atoms with van der Waals surface area (Å²) in [6.07, 6.45) is 1.94. The summed E-state index contributed by atoms with van der Waals surface area (Å²) in [6, 6.07) is 0.369. The lowest BCUT2D eigenvalue weighted by atomic mass is 9.84. The van der Waals surface area contributed by atoms with Crippen molar-refractivity contribution >= 4 is 5.91 Å². The van der Waals surface area contributed by atoms with Crippen LogP contribution in [0.5, 0.6) is 0 Å². The third-order valence-corrected chi connectivity index (χ3v) is 3.90. The third kappa shape index (κ3) is 0.700. The topological polar surface area (TPSA) is 29.1 Å². The number of carbonyl (C=O) groups is 1. The predicted octanol–water partition coefficient (Wildman–Crippen LogP) is 1.31. The van der Waals surface area contributed by atoms with E-state index in [0.717, 1.165) is 6.42 Å². The molecule has 0 spiro atoms. The van der Waals surface area contributed by atoms with E-state index in [4.69, 9.17) is 0 Å². The fraction of sp³-hybridized carbons (Fsp3) is 0.889. The maximum atomic E-state index is 11.1. The van der Waals surface area contributed by atoms with Gasteiger partial charge in [0.25, 0.3) is 0 Å². The molecular weight excluding hydrogens is 138 g/mol. The van der Waals surface area contributed by atoms with Crippen LogP contribution in [0.4, 0.5) is 0 Å². The number of hydrogen-bond acceptors (Lipinski definition) is 1. The van der Waals surface area contributed by atoms with E-state index in [0.29, 0.717) is 16.9 Å². The zero-order chi connectivity index (χ0) is 8.28. The molecule has 2 rings (SSSR count). The maximum Gasteiger partial charge on any atom is 0.220 e.